The molecule has 0 saturated heterocycles. The summed E-state index contributed by atoms with van der Waals surface area (Å²) in [6.07, 6.45) is -0.794. The summed E-state index contributed by atoms with van der Waals surface area (Å²) in [6, 6.07) is 5.45. The predicted molar refractivity (Wildman–Crippen MR) is 75.2 cm³/mol. The van der Waals surface area contributed by atoms with Crippen molar-refractivity contribution in [3.63, 3.8) is 0 Å². The Bertz CT molecular complexity index is 558. The first-order valence-corrected chi connectivity index (χ1v) is 6.73. The molecule has 102 valence electrons. The van der Waals surface area contributed by atoms with Gasteiger partial charge in [-0.2, -0.15) is 0 Å². The minimum absolute atomic E-state index is 0.609. The molecule has 1 aromatic heterocycles. The minimum atomic E-state index is -0.794. The number of aromatic nitrogens is 1. The molecule has 0 bridgehead atoms. The van der Waals surface area contributed by atoms with Gasteiger partial charge in [-0.1, -0.05) is 6.07 Å². The highest BCUT2D eigenvalue weighted by molar-refractivity contribution is 7.11. The lowest BCUT2D eigenvalue weighted by Gasteiger charge is -2.17. The van der Waals surface area contributed by atoms with E-state index in [1.54, 1.807) is 14.2 Å². The number of ether oxygens (including phenoxy) is 2. The zero-order valence-corrected chi connectivity index (χ0v) is 12.2. The van der Waals surface area contributed by atoms with Gasteiger partial charge in [0, 0.05) is 0 Å². The van der Waals surface area contributed by atoms with Crippen LogP contribution < -0.4 is 9.47 Å². The Hall–Kier alpha value is -1.59. The number of aliphatic hydroxyl groups excluding tert-OH is 1. The lowest BCUT2D eigenvalue weighted by Crippen LogP contribution is -2.04. The molecule has 0 fully saturated rings. The SMILES string of the molecule is COc1cccc(OC)c1C(O)c1sc(C)nc1C. The Morgan fingerprint density at radius 2 is 1.74 bits per heavy atom. The van der Waals surface area contributed by atoms with Gasteiger partial charge in [0.15, 0.2) is 0 Å². The van der Waals surface area contributed by atoms with Crippen molar-refractivity contribution in [3.8, 4) is 11.5 Å². The molecule has 19 heavy (non-hydrogen) atoms. The van der Waals surface area contributed by atoms with E-state index in [1.807, 2.05) is 32.0 Å². The molecule has 0 aliphatic carbocycles. The van der Waals surface area contributed by atoms with E-state index in [0.29, 0.717) is 17.1 Å². The Labute approximate surface area is 116 Å². The average molecular weight is 279 g/mol. The standard InChI is InChI=1S/C14H17NO3S/c1-8-14(19-9(2)15-8)13(16)12-10(17-3)6-5-7-11(12)18-4/h5-7,13,16H,1-4H3. The molecule has 1 aromatic carbocycles. The van der Waals surface area contributed by atoms with Crippen LogP contribution in [0.2, 0.25) is 0 Å². The fourth-order valence-corrected chi connectivity index (χ4v) is 3.00. The zero-order valence-electron chi connectivity index (χ0n) is 11.4. The fourth-order valence-electron chi connectivity index (χ4n) is 2.08. The summed E-state index contributed by atoms with van der Waals surface area (Å²) in [7, 11) is 3.16. The molecule has 4 nitrogen and oxygen atoms in total. The third kappa shape index (κ3) is 2.57. The molecule has 0 radical (unpaired) electrons. The van der Waals surface area contributed by atoms with Crippen molar-refractivity contribution in [2.75, 3.05) is 14.2 Å². The molecule has 0 saturated carbocycles. The predicted octanol–water partition coefficient (Wildman–Crippen LogP) is 2.86. The second kappa shape index (κ2) is 5.59. The van der Waals surface area contributed by atoms with Crippen LogP contribution in [0.25, 0.3) is 0 Å². The van der Waals surface area contributed by atoms with E-state index in [1.165, 1.54) is 11.3 Å². The molecule has 1 atom stereocenters. The van der Waals surface area contributed by atoms with E-state index in [2.05, 4.69) is 4.98 Å². The topological polar surface area (TPSA) is 51.6 Å². The molecular formula is C14H17NO3S. The van der Waals surface area contributed by atoms with Crippen molar-refractivity contribution in [1.29, 1.82) is 0 Å². The van der Waals surface area contributed by atoms with E-state index in [-0.39, 0.29) is 0 Å². The molecule has 5 heteroatoms. The molecule has 2 rings (SSSR count). The normalized spacial score (nSPS) is 12.3. The second-order valence-electron chi connectivity index (χ2n) is 4.16. The largest absolute Gasteiger partial charge is 0.496 e. The van der Waals surface area contributed by atoms with Gasteiger partial charge in [-0.3, -0.25) is 0 Å². The van der Waals surface area contributed by atoms with Gasteiger partial charge in [0.2, 0.25) is 0 Å². The maximum atomic E-state index is 10.6. The number of hydrogen-bond acceptors (Lipinski definition) is 5. The lowest BCUT2D eigenvalue weighted by molar-refractivity contribution is 0.211. The van der Waals surface area contributed by atoms with Crippen LogP contribution >= 0.6 is 11.3 Å². The first kappa shape index (κ1) is 13.8. The van der Waals surface area contributed by atoms with Crippen LogP contribution in [-0.2, 0) is 0 Å². The van der Waals surface area contributed by atoms with Crippen LogP contribution in [0, 0.1) is 13.8 Å². The number of thiazole rings is 1. The molecule has 0 spiro atoms. The zero-order chi connectivity index (χ0) is 14.0. The number of aliphatic hydroxyl groups is 1. The highest BCUT2D eigenvalue weighted by Crippen LogP contribution is 2.39. The number of methoxy groups -OCH3 is 2. The van der Waals surface area contributed by atoms with E-state index in [0.717, 1.165) is 15.6 Å². The van der Waals surface area contributed by atoms with Gasteiger partial charge in [0.05, 0.1) is 35.4 Å². The van der Waals surface area contributed by atoms with Crippen LogP contribution in [0.1, 0.15) is 27.2 Å². The Balaban J connectivity index is 2.54. The summed E-state index contributed by atoms with van der Waals surface area (Å²) in [5.41, 5.74) is 1.47. The first-order chi connectivity index (χ1) is 9.08. The summed E-state index contributed by atoms with van der Waals surface area (Å²) in [6.45, 7) is 3.82. The molecule has 2 aromatic rings. The first-order valence-electron chi connectivity index (χ1n) is 5.91. The van der Waals surface area contributed by atoms with Crippen LogP contribution in [0.4, 0.5) is 0 Å². The molecule has 0 aliphatic heterocycles. The van der Waals surface area contributed by atoms with Crippen molar-refractivity contribution in [1.82, 2.24) is 4.98 Å². The lowest BCUT2D eigenvalue weighted by atomic mass is 10.0. The Kier molecular flexibility index (Phi) is 4.07. The van der Waals surface area contributed by atoms with E-state index in [9.17, 15) is 5.11 Å². The summed E-state index contributed by atoms with van der Waals surface area (Å²) >= 11 is 1.48. The van der Waals surface area contributed by atoms with E-state index in [4.69, 9.17) is 9.47 Å². The molecule has 1 unspecified atom stereocenters. The van der Waals surface area contributed by atoms with Gasteiger partial charge in [0.1, 0.15) is 17.6 Å². The quantitative estimate of drug-likeness (QED) is 0.935. The number of benzene rings is 1. The number of nitrogens with zero attached hydrogens (tertiary/aromatic N) is 1. The van der Waals surface area contributed by atoms with Gasteiger partial charge in [0.25, 0.3) is 0 Å². The van der Waals surface area contributed by atoms with E-state index < -0.39 is 6.10 Å². The maximum Gasteiger partial charge on any atom is 0.128 e. The molecule has 1 N–H and O–H groups in total. The summed E-state index contributed by atoms with van der Waals surface area (Å²) in [5.74, 6) is 1.22. The van der Waals surface area contributed by atoms with E-state index >= 15 is 0 Å². The highest BCUT2D eigenvalue weighted by atomic mass is 32.1. The number of hydrogen-bond donors (Lipinski definition) is 1. The number of rotatable bonds is 4. The summed E-state index contributed by atoms with van der Waals surface area (Å²) in [5, 5.41) is 11.6. The summed E-state index contributed by atoms with van der Waals surface area (Å²) in [4.78, 5) is 5.17. The molecular weight excluding hydrogens is 262 g/mol. The van der Waals surface area contributed by atoms with Crippen molar-refractivity contribution in [2.45, 2.75) is 20.0 Å². The minimum Gasteiger partial charge on any atom is -0.496 e. The summed E-state index contributed by atoms with van der Waals surface area (Å²) < 4.78 is 10.6. The van der Waals surface area contributed by atoms with Crippen molar-refractivity contribution < 1.29 is 14.6 Å². The van der Waals surface area contributed by atoms with Gasteiger partial charge < -0.3 is 14.6 Å². The van der Waals surface area contributed by atoms with Gasteiger partial charge in [-0.05, 0) is 26.0 Å². The van der Waals surface area contributed by atoms with Gasteiger partial charge >= 0.3 is 0 Å². The van der Waals surface area contributed by atoms with Crippen LogP contribution in [0.5, 0.6) is 11.5 Å². The van der Waals surface area contributed by atoms with Crippen LogP contribution in [0.15, 0.2) is 18.2 Å². The van der Waals surface area contributed by atoms with Crippen molar-refractivity contribution >= 4 is 11.3 Å². The van der Waals surface area contributed by atoms with Crippen molar-refractivity contribution in [3.05, 3.63) is 39.3 Å². The second-order valence-corrected chi connectivity index (χ2v) is 5.40. The Morgan fingerprint density at radius 1 is 1.16 bits per heavy atom. The number of aryl methyl sites for hydroxylation is 2. The maximum absolute atomic E-state index is 10.6. The molecule has 1 heterocycles. The van der Waals surface area contributed by atoms with Crippen LogP contribution in [0.3, 0.4) is 0 Å². The van der Waals surface area contributed by atoms with Gasteiger partial charge in [-0.15, -0.1) is 11.3 Å². The monoisotopic (exact) mass is 279 g/mol. The highest BCUT2D eigenvalue weighted by Gasteiger charge is 2.24. The van der Waals surface area contributed by atoms with Gasteiger partial charge in [-0.25, -0.2) is 4.98 Å². The van der Waals surface area contributed by atoms with Crippen molar-refractivity contribution in [2.24, 2.45) is 0 Å². The molecule has 0 aliphatic rings. The smallest absolute Gasteiger partial charge is 0.128 e. The average Bonchev–Trinajstić information content (AvgIpc) is 2.75. The van der Waals surface area contributed by atoms with Crippen LogP contribution in [-0.4, -0.2) is 24.3 Å². The third-order valence-corrected chi connectivity index (χ3v) is 4.05. The fraction of sp³-hybridized carbons (Fsp3) is 0.357. The molecule has 0 amide bonds. The third-order valence-electron chi connectivity index (χ3n) is 2.93. The Morgan fingerprint density at radius 3 is 2.16 bits per heavy atom.